The third-order valence-electron chi connectivity index (χ3n) is 5.47. The molecular formula is C19H28N2O3S2. The number of carbonyl (C=O) groups excluding carboxylic acids is 1. The maximum Gasteiger partial charge on any atom is 0.230 e. The fourth-order valence-corrected chi connectivity index (χ4v) is 6.48. The van der Waals surface area contributed by atoms with Crippen LogP contribution in [0.3, 0.4) is 0 Å². The van der Waals surface area contributed by atoms with Crippen LogP contribution in [0.1, 0.15) is 36.8 Å². The van der Waals surface area contributed by atoms with Gasteiger partial charge in [0.2, 0.25) is 15.9 Å². The zero-order valence-corrected chi connectivity index (χ0v) is 17.0. The van der Waals surface area contributed by atoms with E-state index in [1.165, 1.54) is 0 Å². The molecule has 26 heavy (non-hydrogen) atoms. The minimum absolute atomic E-state index is 0.0205. The van der Waals surface area contributed by atoms with E-state index in [1.807, 2.05) is 25.1 Å². The zero-order chi connectivity index (χ0) is 18.6. The van der Waals surface area contributed by atoms with Crippen LogP contribution in [0.2, 0.25) is 0 Å². The Morgan fingerprint density at radius 2 is 1.92 bits per heavy atom. The van der Waals surface area contributed by atoms with E-state index in [1.54, 1.807) is 16.1 Å². The molecule has 0 aromatic heterocycles. The van der Waals surface area contributed by atoms with Crippen LogP contribution in [0, 0.1) is 6.92 Å². The van der Waals surface area contributed by atoms with E-state index in [4.69, 9.17) is 0 Å². The summed E-state index contributed by atoms with van der Waals surface area (Å²) < 4.78 is 26.5. The molecule has 2 aliphatic rings. The molecule has 1 amide bonds. The summed E-state index contributed by atoms with van der Waals surface area (Å²) in [5.74, 6) is 1.65. The maximum absolute atomic E-state index is 13.0. The monoisotopic (exact) mass is 396 g/mol. The molecule has 3 rings (SSSR count). The molecular weight excluding hydrogens is 368 g/mol. The van der Waals surface area contributed by atoms with Gasteiger partial charge in [-0.25, -0.2) is 12.7 Å². The quantitative estimate of drug-likeness (QED) is 0.801. The summed E-state index contributed by atoms with van der Waals surface area (Å²) in [6, 6.07) is 8.15. The topological polar surface area (TPSA) is 66.5 Å². The summed E-state index contributed by atoms with van der Waals surface area (Å²) in [4.78, 5) is 13.0. The summed E-state index contributed by atoms with van der Waals surface area (Å²) in [6.07, 6.45) is 3.73. The Labute approximate surface area is 161 Å². The number of nitrogens with one attached hydrogen (secondary N) is 1. The van der Waals surface area contributed by atoms with Crippen LogP contribution in [0.25, 0.3) is 0 Å². The second kappa shape index (κ2) is 8.31. The van der Waals surface area contributed by atoms with Gasteiger partial charge in [-0.05, 0) is 25.3 Å². The molecule has 1 saturated carbocycles. The van der Waals surface area contributed by atoms with Crippen molar-refractivity contribution >= 4 is 27.7 Å². The lowest BCUT2D eigenvalue weighted by Crippen LogP contribution is -2.46. The number of aryl methyl sites for hydroxylation is 1. The van der Waals surface area contributed by atoms with Gasteiger partial charge in [0.1, 0.15) is 0 Å². The Morgan fingerprint density at radius 1 is 1.23 bits per heavy atom. The van der Waals surface area contributed by atoms with Crippen molar-refractivity contribution in [3.63, 3.8) is 0 Å². The van der Waals surface area contributed by atoms with Crippen molar-refractivity contribution in [3.05, 3.63) is 35.4 Å². The lowest BCUT2D eigenvalue weighted by molar-refractivity contribution is -0.126. The van der Waals surface area contributed by atoms with Gasteiger partial charge in [-0.1, -0.05) is 42.7 Å². The Balaban J connectivity index is 1.64. The molecule has 5 nitrogen and oxygen atoms in total. The third-order valence-corrected chi connectivity index (χ3v) is 8.29. The van der Waals surface area contributed by atoms with E-state index in [9.17, 15) is 13.2 Å². The molecule has 1 aliphatic heterocycles. The van der Waals surface area contributed by atoms with Crippen molar-refractivity contribution in [2.75, 3.05) is 36.9 Å². The van der Waals surface area contributed by atoms with Crippen LogP contribution >= 0.6 is 11.8 Å². The predicted molar refractivity (Wildman–Crippen MR) is 107 cm³/mol. The lowest BCUT2D eigenvalue weighted by Gasteiger charge is -2.29. The first-order chi connectivity index (χ1) is 12.4. The Hall–Kier alpha value is -1.05. The highest BCUT2D eigenvalue weighted by Crippen LogP contribution is 2.41. The number of thioether (sulfide) groups is 1. The number of amides is 1. The van der Waals surface area contributed by atoms with E-state index in [2.05, 4.69) is 11.4 Å². The summed E-state index contributed by atoms with van der Waals surface area (Å²) in [5, 5.41) is 2.93. The van der Waals surface area contributed by atoms with Crippen LogP contribution in [0.5, 0.6) is 0 Å². The Morgan fingerprint density at radius 3 is 2.58 bits per heavy atom. The van der Waals surface area contributed by atoms with Gasteiger partial charge in [0, 0.05) is 31.1 Å². The van der Waals surface area contributed by atoms with Gasteiger partial charge < -0.3 is 5.32 Å². The molecule has 0 radical (unpaired) electrons. The van der Waals surface area contributed by atoms with E-state index in [-0.39, 0.29) is 18.2 Å². The van der Waals surface area contributed by atoms with Crippen LogP contribution in [-0.4, -0.2) is 55.5 Å². The largest absolute Gasteiger partial charge is 0.354 e. The highest BCUT2D eigenvalue weighted by atomic mass is 32.2. The molecule has 1 aromatic rings. The van der Waals surface area contributed by atoms with Crippen molar-refractivity contribution in [1.29, 1.82) is 0 Å². The van der Waals surface area contributed by atoms with Gasteiger partial charge in [-0.3, -0.25) is 4.79 Å². The van der Waals surface area contributed by atoms with Gasteiger partial charge in [-0.15, -0.1) is 0 Å². The summed E-state index contributed by atoms with van der Waals surface area (Å²) in [7, 11) is -3.29. The lowest BCUT2D eigenvalue weighted by atomic mass is 9.77. The number of benzene rings is 1. The molecule has 1 saturated heterocycles. The van der Waals surface area contributed by atoms with Crippen LogP contribution in [-0.2, 0) is 20.2 Å². The van der Waals surface area contributed by atoms with Crippen molar-refractivity contribution in [2.24, 2.45) is 0 Å². The first-order valence-electron chi connectivity index (χ1n) is 9.35. The highest BCUT2D eigenvalue weighted by molar-refractivity contribution is 7.99. The van der Waals surface area contributed by atoms with Gasteiger partial charge in [0.25, 0.3) is 0 Å². The minimum atomic E-state index is -3.29. The number of nitrogens with zero attached hydrogens (tertiary/aromatic N) is 1. The standard InChI is InChI=1S/C19H28N2O3S2/c1-16-5-4-6-17(15-16)19(7-2-3-8-19)18(22)20-9-14-26(23,24)21-10-12-25-13-11-21/h4-6,15H,2-3,7-14H2,1H3,(H,20,22). The van der Waals surface area contributed by atoms with Crippen LogP contribution < -0.4 is 5.32 Å². The fourth-order valence-electron chi connectivity index (χ4n) is 3.98. The number of rotatable bonds is 6. The molecule has 144 valence electrons. The molecule has 1 aliphatic carbocycles. The molecule has 7 heteroatoms. The molecule has 1 aromatic carbocycles. The molecule has 0 unspecified atom stereocenters. The number of hydrogen-bond donors (Lipinski definition) is 1. The first kappa shape index (κ1) is 19.7. The maximum atomic E-state index is 13.0. The van der Waals surface area contributed by atoms with Crippen LogP contribution in [0.15, 0.2) is 24.3 Å². The molecule has 2 fully saturated rings. The second-order valence-corrected chi connectivity index (χ2v) is 10.6. The van der Waals surface area contributed by atoms with Crippen molar-refractivity contribution in [3.8, 4) is 0 Å². The minimum Gasteiger partial charge on any atom is -0.354 e. The van der Waals surface area contributed by atoms with E-state index >= 15 is 0 Å². The second-order valence-electron chi connectivity index (χ2n) is 7.24. The molecule has 0 atom stereocenters. The van der Waals surface area contributed by atoms with Crippen molar-refractivity contribution < 1.29 is 13.2 Å². The SMILES string of the molecule is Cc1cccc(C2(C(=O)NCCS(=O)(=O)N3CCSCC3)CCCC2)c1. The molecule has 1 heterocycles. The van der Waals surface area contributed by atoms with Crippen molar-refractivity contribution in [2.45, 2.75) is 38.0 Å². The van der Waals surface area contributed by atoms with E-state index < -0.39 is 15.4 Å². The van der Waals surface area contributed by atoms with E-state index in [0.717, 1.165) is 48.3 Å². The molecule has 1 N–H and O–H groups in total. The predicted octanol–water partition coefficient (Wildman–Crippen LogP) is 2.30. The summed E-state index contributed by atoms with van der Waals surface area (Å²) >= 11 is 1.78. The average molecular weight is 397 g/mol. The van der Waals surface area contributed by atoms with Gasteiger partial charge in [0.05, 0.1) is 11.2 Å². The van der Waals surface area contributed by atoms with Gasteiger partial charge in [0.15, 0.2) is 0 Å². The fraction of sp³-hybridized carbons (Fsp3) is 0.632. The normalized spacial score (nSPS) is 20.8. The average Bonchev–Trinajstić information content (AvgIpc) is 3.13. The zero-order valence-electron chi connectivity index (χ0n) is 15.4. The third kappa shape index (κ3) is 4.26. The Bertz CT molecular complexity index is 737. The number of sulfonamides is 1. The smallest absolute Gasteiger partial charge is 0.230 e. The van der Waals surface area contributed by atoms with Crippen molar-refractivity contribution in [1.82, 2.24) is 9.62 Å². The molecule has 0 bridgehead atoms. The first-order valence-corrected chi connectivity index (χ1v) is 12.1. The van der Waals surface area contributed by atoms with Gasteiger partial charge in [-0.2, -0.15) is 11.8 Å². The highest BCUT2D eigenvalue weighted by Gasteiger charge is 2.42. The summed E-state index contributed by atoms with van der Waals surface area (Å²) in [5.41, 5.74) is 1.70. The summed E-state index contributed by atoms with van der Waals surface area (Å²) in [6.45, 7) is 3.37. The van der Waals surface area contributed by atoms with Gasteiger partial charge >= 0.3 is 0 Å². The molecule has 0 spiro atoms. The van der Waals surface area contributed by atoms with Crippen LogP contribution in [0.4, 0.5) is 0 Å². The number of carbonyl (C=O) groups is 1. The van der Waals surface area contributed by atoms with E-state index in [0.29, 0.717) is 13.1 Å². The number of hydrogen-bond acceptors (Lipinski definition) is 4. The Kier molecular flexibility index (Phi) is 6.30.